The lowest BCUT2D eigenvalue weighted by Crippen LogP contribution is -2.43. The molecule has 0 atom stereocenters. The second-order valence-corrected chi connectivity index (χ2v) is 7.67. The molecule has 2 amide bonds. The van der Waals surface area contributed by atoms with Crippen molar-refractivity contribution in [3.8, 4) is 5.75 Å². The number of carbonyl (C=O) groups is 2. The molecule has 2 aliphatic rings. The molecular weight excluding hydrogens is 352 g/mol. The van der Waals surface area contributed by atoms with Crippen LogP contribution in [-0.4, -0.2) is 25.5 Å². The lowest BCUT2D eigenvalue weighted by Gasteiger charge is -2.31. The van der Waals surface area contributed by atoms with Crippen LogP contribution in [0.1, 0.15) is 54.4 Å². The summed E-state index contributed by atoms with van der Waals surface area (Å²) in [5, 5.41) is 3.31. The van der Waals surface area contributed by atoms with Gasteiger partial charge in [-0.2, -0.15) is 0 Å². The van der Waals surface area contributed by atoms with Gasteiger partial charge in [-0.3, -0.25) is 9.59 Å². The van der Waals surface area contributed by atoms with E-state index < -0.39 is 0 Å². The van der Waals surface area contributed by atoms with Gasteiger partial charge in [-0.15, -0.1) is 0 Å². The van der Waals surface area contributed by atoms with E-state index in [2.05, 4.69) is 5.32 Å². The number of benzene rings is 2. The molecule has 1 aliphatic heterocycles. The Labute approximate surface area is 165 Å². The van der Waals surface area contributed by atoms with E-state index in [1.807, 2.05) is 48.5 Å². The van der Waals surface area contributed by atoms with Crippen LogP contribution in [0.4, 0.5) is 5.69 Å². The SMILES string of the molecule is COc1ccc(C2(NC(=O)c3cccc(N4CCCC4=O)c3)CCCC2)cc1. The molecule has 5 heteroatoms. The molecule has 28 heavy (non-hydrogen) atoms. The first-order chi connectivity index (χ1) is 13.6. The quantitative estimate of drug-likeness (QED) is 0.855. The van der Waals surface area contributed by atoms with Crippen molar-refractivity contribution in [2.24, 2.45) is 0 Å². The van der Waals surface area contributed by atoms with Gasteiger partial charge in [-0.1, -0.05) is 31.0 Å². The molecule has 0 aromatic heterocycles. The zero-order chi connectivity index (χ0) is 19.6. The molecule has 1 heterocycles. The standard InChI is InChI=1S/C23H26N2O3/c1-28-20-11-9-18(10-12-20)23(13-2-3-14-23)24-22(27)17-6-4-7-19(16-17)25-15-5-8-21(25)26/h4,6-7,9-12,16H,2-3,5,8,13-15H2,1H3,(H,24,27). The molecular formula is C23H26N2O3. The molecule has 2 aromatic rings. The fourth-order valence-electron chi connectivity index (χ4n) is 4.40. The Bertz CT molecular complexity index is 870. The molecule has 4 rings (SSSR count). The summed E-state index contributed by atoms with van der Waals surface area (Å²) in [5.41, 5.74) is 2.17. The van der Waals surface area contributed by atoms with Gasteiger partial charge in [-0.05, 0) is 55.2 Å². The van der Waals surface area contributed by atoms with Gasteiger partial charge >= 0.3 is 0 Å². The lowest BCUT2D eigenvalue weighted by atomic mass is 9.87. The minimum absolute atomic E-state index is 0.0915. The van der Waals surface area contributed by atoms with Crippen LogP contribution in [0.5, 0.6) is 5.75 Å². The molecule has 0 radical (unpaired) electrons. The highest BCUT2D eigenvalue weighted by molar-refractivity contribution is 5.99. The van der Waals surface area contributed by atoms with Crippen molar-refractivity contribution in [1.29, 1.82) is 0 Å². The third kappa shape index (κ3) is 3.49. The number of methoxy groups -OCH3 is 1. The Morgan fingerprint density at radius 1 is 1.07 bits per heavy atom. The number of ether oxygens (including phenoxy) is 1. The summed E-state index contributed by atoms with van der Waals surface area (Å²) >= 11 is 0. The summed E-state index contributed by atoms with van der Waals surface area (Å²) in [6, 6.07) is 15.4. The minimum Gasteiger partial charge on any atom is -0.497 e. The number of hydrogen-bond acceptors (Lipinski definition) is 3. The van der Waals surface area contributed by atoms with Crippen molar-refractivity contribution >= 4 is 17.5 Å². The van der Waals surface area contributed by atoms with E-state index >= 15 is 0 Å². The molecule has 2 aromatic carbocycles. The number of carbonyl (C=O) groups excluding carboxylic acids is 2. The predicted molar refractivity (Wildman–Crippen MR) is 109 cm³/mol. The zero-order valence-electron chi connectivity index (χ0n) is 16.2. The number of hydrogen-bond donors (Lipinski definition) is 1. The average molecular weight is 378 g/mol. The number of rotatable bonds is 5. The second kappa shape index (κ2) is 7.66. The van der Waals surface area contributed by atoms with E-state index in [1.54, 1.807) is 12.0 Å². The summed E-state index contributed by atoms with van der Waals surface area (Å²) in [7, 11) is 1.65. The maximum Gasteiger partial charge on any atom is 0.252 e. The second-order valence-electron chi connectivity index (χ2n) is 7.67. The molecule has 1 aliphatic carbocycles. The fourth-order valence-corrected chi connectivity index (χ4v) is 4.40. The zero-order valence-corrected chi connectivity index (χ0v) is 16.2. The normalized spacial score (nSPS) is 18.3. The highest BCUT2D eigenvalue weighted by Gasteiger charge is 2.37. The maximum absolute atomic E-state index is 13.1. The van der Waals surface area contributed by atoms with Crippen LogP contribution in [-0.2, 0) is 10.3 Å². The molecule has 2 fully saturated rings. The third-order valence-corrected chi connectivity index (χ3v) is 5.95. The lowest BCUT2D eigenvalue weighted by molar-refractivity contribution is -0.117. The first-order valence-electron chi connectivity index (χ1n) is 9.99. The largest absolute Gasteiger partial charge is 0.497 e. The number of nitrogens with zero attached hydrogens (tertiary/aromatic N) is 1. The highest BCUT2D eigenvalue weighted by atomic mass is 16.5. The maximum atomic E-state index is 13.1. The van der Waals surface area contributed by atoms with Crippen LogP contribution in [0, 0.1) is 0 Å². The molecule has 146 valence electrons. The van der Waals surface area contributed by atoms with Crippen molar-refractivity contribution < 1.29 is 14.3 Å². The van der Waals surface area contributed by atoms with Crippen molar-refractivity contribution in [2.45, 2.75) is 44.1 Å². The molecule has 0 unspecified atom stereocenters. The van der Waals surface area contributed by atoms with E-state index in [0.717, 1.165) is 55.6 Å². The molecule has 0 spiro atoms. The van der Waals surface area contributed by atoms with Gasteiger partial charge in [0.2, 0.25) is 5.91 Å². The van der Waals surface area contributed by atoms with Crippen molar-refractivity contribution in [3.05, 3.63) is 59.7 Å². The highest BCUT2D eigenvalue weighted by Crippen LogP contribution is 2.39. The summed E-state index contributed by atoms with van der Waals surface area (Å²) in [5.74, 6) is 0.848. The third-order valence-electron chi connectivity index (χ3n) is 5.95. The van der Waals surface area contributed by atoms with Gasteiger partial charge in [0.15, 0.2) is 0 Å². The van der Waals surface area contributed by atoms with E-state index in [0.29, 0.717) is 12.0 Å². The Morgan fingerprint density at radius 2 is 1.82 bits per heavy atom. The summed E-state index contributed by atoms with van der Waals surface area (Å²) in [6.07, 6.45) is 5.49. The van der Waals surface area contributed by atoms with E-state index in [4.69, 9.17) is 4.74 Å². The van der Waals surface area contributed by atoms with Gasteiger partial charge in [-0.25, -0.2) is 0 Å². The topological polar surface area (TPSA) is 58.6 Å². The number of anilines is 1. The number of amides is 2. The number of nitrogens with one attached hydrogen (secondary N) is 1. The van der Waals surface area contributed by atoms with Gasteiger partial charge < -0.3 is 15.0 Å². The van der Waals surface area contributed by atoms with E-state index in [9.17, 15) is 9.59 Å². The van der Waals surface area contributed by atoms with Crippen LogP contribution in [0.15, 0.2) is 48.5 Å². The van der Waals surface area contributed by atoms with Crippen molar-refractivity contribution in [3.63, 3.8) is 0 Å². The van der Waals surface area contributed by atoms with Crippen molar-refractivity contribution in [1.82, 2.24) is 5.32 Å². The van der Waals surface area contributed by atoms with Crippen LogP contribution in [0.2, 0.25) is 0 Å². The predicted octanol–water partition coefficient (Wildman–Crippen LogP) is 4.02. The Morgan fingerprint density at radius 3 is 2.46 bits per heavy atom. The van der Waals surface area contributed by atoms with Crippen LogP contribution in [0.3, 0.4) is 0 Å². The Kier molecular flexibility index (Phi) is 5.07. The first-order valence-corrected chi connectivity index (χ1v) is 9.99. The van der Waals surface area contributed by atoms with Crippen molar-refractivity contribution in [2.75, 3.05) is 18.6 Å². The summed E-state index contributed by atoms with van der Waals surface area (Å²) in [6.45, 7) is 0.722. The van der Waals surface area contributed by atoms with Crippen LogP contribution < -0.4 is 15.0 Å². The van der Waals surface area contributed by atoms with Gasteiger partial charge in [0.05, 0.1) is 12.6 Å². The van der Waals surface area contributed by atoms with Crippen LogP contribution >= 0.6 is 0 Å². The monoisotopic (exact) mass is 378 g/mol. The first kappa shape index (κ1) is 18.5. The van der Waals surface area contributed by atoms with Gasteiger partial charge in [0, 0.05) is 24.2 Å². The minimum atomic E-state index is -0.344. The molecule has 1 saturated heterocycles. The summed E-state index contributed by atoms with van der Waals surface area (Å²) < 4.78 is 5.27. The van der Waals surface area contributed by atoms with Crippen LogP contribution in [0.25, 0.3) is 0 Å². The van der Waals surface area contributed by atoms with Gasteiger partial charge in [0.25, 0.3) is 5.91 Å². The molecule has 5 nitrogen and oxygen atoms in total. The smallest absolute Gasteiger partial charge is 0.252 e. The molecule has 1 N–H and O–H groups in total. The van der Waals surface area contributed by atoms with E-state index in [1.165, 1.54) is 0 Å². The Hall–Kier alpha value is -2.82. The summed E-state index contributed by atoms with van der Waals surface area (Å²) in [4.78, 5) is 26.9. The van der Waals surface area contributed by atoms with E-state index in [-0.39, 0.29) is 17.4 Å². The fraction of sp³-hybridized carbons (Fsp3) is 0.391. The molecule has 1 saturated carbocycles. The average Bonchev–Trinajstić information content (AvgIpc) is 3.38. The Balaban J connectivity index is 1.57. The molecule has 0 bridgehead atoms. The van der Waals surface area contributed by atoms with Gasteiger partial charge in [0.1, 0.15) is 5.75 Å².